The molecule has 0 aromatic heterocycles. The molecule has 1 fully saturated rings. The highest BCUT2D eigenvalue weighted by Crippen LogP contribution is 2.58. The number of hydrazone groups is 1. The van der Waals surface area contributed by atoms with Crippen molar-refractivity contribution in [1.82, 2.24) is 5.43 Å². The zero-order valence-electron chi connectivity index (χ0n) is 12.3. The van der Waals surface area contributed by atoms with E-state index in [1.165, 1.54) is 24.1 Å². The minimum atomic E-state index is -0.270. The fraction of sp³-hybridized carbons (Fsp3) is 0.412. The molecule has 0 heterocycles. The fourth-order valence-electron chi connectivity index (χ4n) is 3.39. The minimum absolute atomic E-state index is 0.143. The van der Waals surface area contributed by atoms with Gasteiger partial charge in [-0.1, -0.05) is 19.9 Å². The molecule has 1 amide bonds. The molecule has 0 spiro atoms. The van der Waals surface area contributed by atoms with Crippen LogP contribution in [0.1, 0.15) is 37.0 Å². The molecule has 0 aliphatic heterocycles. The third-order valence-corrected chi connectivity index (χ3v) is 5.02. The number of allylic oxidation sites excluding steroid dienone is 2. The van der Waals surface area contributed by atoms with Gasteiger partial charge in [-0.2, -0.15) is 5.10 Å². The zero-order chi connectivity index (χ0) is 15.0. The Morgan fingerprint density at radius 2 is 2.10 bits per heavy atom. The molecule has 0 radical (unpaired) electrons. The summed E-state index contributed by atoms with van der Waals surface area (Å²) < 4.78 is 0. The summed E-state index contributed by atoms with van der Waals surface area (Å²) in [7, 11) is 0. The van der Waals surface area contributed by atoms with Gasteiger partial charge in [-0.15, -0.1) is 0 Å². The molecule has 1 saturated carbocycles. The molecular formula is C17H20N2O2. The van der Waals surface area contributed by atoms with E-state index in [1.807, 2.05) is 0 Å². The predicted molar refractivity (Wildman–Crippen MR) is 82.1 cm³/mol. The minimum Gasteiger partial charge on any atom is -0.508 e. The van der Waals surface area contributed by atoms with Crippen LogP contribution in [0.3, 0.4) is 0 Å². The average Bonchev–Trinajstić information content (AvgIpc) is 2.47. The molecule has 1 aromatic carbocycles. The van der Waals surface area contributed by atoms with Gasteiger partial charge in [-0.05, 0) is 59.9 Å². The van der Waals surface area contributed by atoms with E-state index in [2.05, 4.69) is 30.5 Å². The number of benzene rings is 1. The highest BCUT2D eigenvalue weighted by Gasteiger charge is 2.50. The van der Waals surface area contributed by atoms with Gasteiger partial charge in [0.1, 0.15) is 5.75 Å². The number of phenols is 1. The summed E-state index contributed by atoms with van der Waals surface area (Å²) in [6.07, 6.45) is 6.36. The Labute approximate surface area is 124 Å². The number of carbonyl (C=O) groups is 1. The second-order valence-electron chi connectivity index (χ2n) is 6.49. The van der Waals surface area contributed by atoms with E-state index < -0.39 is 0 Å². The highest BCUT2D eigenvalue weighted by atomic mass is 16.3. The molecule has 2 N–H and O–H groups in total. The predicted octanol–water partition coefficient (Wildman–Crippen LogP) is 3.10. The van der Waals surface area contributed by atoms with Crippen molar-refractivity contribution in [3.63, 3.8) is 0 Å². The van der Waals surface area contributed by atoms with Crippen LogP contribution < -0.4 is 5.43 Å². The maximum absolute atomic E-state index is 11.9. The van der Waals surface area contributed by atoms with E-state index in [1.54, 1.807) is 18.3 Å². The van der Waals surface area contributed by atoms with E-state index >= 15 is 0 Å². The SMILES string of the molecule is CC1(C)[C@@H]2CC=C(/C=N\NC(=O)c3ccc(O)cc3)[C@@H]1C2. The molecule has 0 unspecified atom stereocenters. The van der Waals surface area contributed by atoms with Gasteiger partial charge in [-0.3, -0.25) is 4.79 Å². The van der Waals surface area contributed by atoms with Crippen LogP contribution >= 0.6 is 0 Å². The Hall–Kier alpha value is -2.10. The molecule has 3 aliphatic carbocycles. The molecule has 4 heteroatoms. The summed E-state index contributed by atoms with van der Waals surface area (Å²) in [5.74, 6) is 1.23. The lowest BCUT2D eigenvalue weighted by Gasteiger charge is -2.55. The number of carbonyl (C=O) groups excluding carboxylic acids is 1. The van der Waals surface area contributed by atoms with Crippen LogP contribution in [0.15, 0.2) is 41.0 Å². The van der Waals surface area contributed by atoms with Gasteiger partial charge in [0.05, 0.1) is 6.21 Å². The normalized spacial score (nSPS) is 26.1. The first-order chi connectivity index (χ1) is 9.98. The van der Waals surface area contributed by atoms with Crippen LogP contribution in [0.2, 0.25) is 0 Å². The molecule has 3 aliphatic rings. The second kappa shape index (κ2) is 5.02. The van der Waals surface area contributed by atoms with Gasteiger partial charge in [0, 0.05) is 5.56 Å². The summed E-state index contributed by atoms with van der Waals surface area (Å²) in [6, 6.07) is 6.11. The van der Waals surface area contributed by atoms with Crippen LogP contribution in [-0.2, 0) is 0 Å². The molecule has 4 nitrogen and oxygen atoms in total. The average molecular weight is 284 g/mol. The molecule has 0 saturated heterocycles. The van der Waals surface area contributed by atoms with Crippen LogP contribution in [0.25, 0.3) is 0 Å². The standard InChI is InChI=1S/C17H20N2O2/c1-17(2)13-6-3-12(15(17)9-13)10-18-19-16(21)11-4-7-14(20)8-5-11/h3-5,7-8,10,13,15,20H,6,9H2,1-2H3,(H,19,21)/b18-10-/t13-,15+/m1/s1. The number of fused-ring (bicyclic) bond motifs is 1. The number of hydrogen-bond acceptors (Lipinski definition) is 3. The summed E-state index contributed by atoms with van der Waals surface area (Å²) in [5.41, 5.74) is 4.61. The van der Waals surface area contributed by atoms with Gasteiger partial charge in [0.25, 0.3) is 5.91 Å². The molecule has 2 atom stereocenters. The molecular weight excluding hydrogens is 264 g/mol. The number of nitrogens with one attached hydrogen (secondary N) is 1. The molecule has 4 rings (SSSR count). The first-order valence-corrected chi connectivity index (χ1v) is 7.31. The maximum atomic E-state index is 11.9. The van der Waals surface area contributed by atoms with Crippen LogP contribution in [0.4, 0.5) is 0 Å². The Morgan fingerprint density at radius 1 is 1.38 bits per heavy atom. The van der Waals surface area contributed by atoms with Crippen molar-refractivity contribution >= 4 is 12.1 Å². The lowest BCUT2D eigenvalue weighted by Crippen LogP contribution is -2.48. The fourth-order valence-corrected chi connectivity index (χ4v) is 3.39. The van der Waals surface area contributed by atoms with Crippen molar-refractivity contribution in [2.45, 2.75) is 26.7 Å². The van der Waals surface area contributed by atoms with Gasteiger partial charge in [0.15, 0.2) is 0 Å². The van der Waals surface area contributed by atoms with E-state index in [9.17, 15) is 9.90 Å². The van der Waals surface area contributed by atoms with E-state index in [0.29, 0.717) is 16.9 Å². The first kappa shape index (κ1) is 13.9. The van der Waals surface area contributed by atoms with Gasteiger partial charge in [0.2, 0.25) is 0 Å². The monoisotopic (exact) mass is 284 g/mol. The number of rotatable bonds is 3. The number of hydrogen-bond donors (Lipinski definition) is 2. The molecule has 21 heavy (non-hydrogen) atoms. The van der Waals surface area contributed by atoms with Crippen molar-refractivity contribution in [3.8, 4) is 5.75 Å². The third-order valence-electron chi connectivity index (χ3n) is 5.02. The van der Waals surface area contributed by atoms with Crippen LogP contribution in [0, 0.1) is 17.3 Å². The number of amides is 1. The summed E-state index contributed by atoms with van der Waals surface area (Å²) in [5, 5.41) is 13.3. The van der Waals surface area contributed by atoms with E-state index in [0.717, 1.165) is 12.3 Å². The lowest BCUT2D eigenvalue weighted by atomic mass is 9.49. The zero-order valence-corrected chi connectivity index (χ0v) is 12.3. The van der Waals surface area contributed by atoms with Crippen molar-refractivity contribution in [1.29, 1.82) is 0 Å². The molecule has 1 aromatic rings. The van der Waals surface area contributed by atoms with Gasteiger partial charge >= 0.3 is 0 Å². The van der Waals surface area contributed by atoms with Crippen molar-refractivity contribution in [3.05, 3.63) is 41.5 Å². The smallest absolute Gasteiger partial charge is 0.271 e. The molecule has 110 valence electrons. The van der Waals surface area contributed by atoms with E-state index in [-0.39, 0.29) is 11.7 Å². The maximum Gasteiger partial charge on any atom is 0.271 e. The van der Waals surface area contributed by atoms with Crippen molar-refractivity contribution < 1.29 is 9.90 Å². The number of phenolic OH excluding ortho intramolecular Hbond substituents is 1. The summed E-state index contributed by atoms with van der Waals surface area (Å²) in [4.78, 5) is 11.9. The first-order valence-electron chi connectivity index (χ1n) is 7.31. The Morgan fingerprint density at radius 3 is 2.71 bits per heavy atom. The Kier molecular flexibility index (Phi) is 3.32. The lowest BCUT2D eigenvalue weighted by molar-refractivity contribution is -0.00126. The van der Waals surface area contributed by atoms with Gasteiger partial charge in [-0.25, -0.2) is 5.43 Å². The summed E-state index contributed by atoms with van der Waals surface area (Å²) in [6.45, 7) is 4.61. The molecule has 2 bridgehead atoms. The van der Waals surface area contributed by atoms with Crippen molar-refractivity contribution in [2.24, 2.45) is 22.4 Å². The quantitative estimate of drug-likeness (QED) is 0.662. The van der Waals surface area contributed by atoms with Crippen LogP contribution in [0.5, 0.6) is 5.75 Å². The topological polar surface area (TPSA) is 61.7 Å². The Balaban J connectivity index is 1.61. The second-order valence-corrected chi connectivity index (χ2v) is 6.49. The number of nitrogens with zero attached hydrogens (tertiary/aromatic N) is 1. The third kappa shape index (κ3) is 2.46. The van der Waals surface area contributed by atoms with E-state index in [4.69, 9.17) is 0 Å². The van der Waals surface area contributed by atoms with Crippen LogP contribution in [-0.4, -0.2) is 17.2 Å². The summed E-state index contributed by atoms with van der Waals surface area (Å²) >= 11 is 0. The Bertz CT molecular complexity index is 614. The van der Waals surface area contributed by atoms with Crippen molar-refractivity contribution in [2.75, 3.05) is 0 Å². The number of aromatic hydroxyl groups is 1. The van der Waals surface area contributed by atoms with Gasteiger partial charge < -0.3 is 5.11 Å². The highest BCUT2D eigenvalue weighted by molar-refractivity contribution is 5.95. The largest absolute Gasteiger partial charge is 0.508 e.